The van der Waals surface area contributed by atoms with Gasteiger partial charge in [0.05, 0.1) is 17.1 Å². The fourth-order valence-electron chi connectivity index (χ4n) is 4.30. The summed E-state index contributed by atoms with van der Waals surface area (Å²) in [5.74, 6) is 0.209. The molecule has 1 aromatic carbocycles. The van der Waals surface area contributed by atoms with Gasteiger partial charge in [-0.3, -0.25) is 14.1 Å². The predicted octanol–water partition coefficient (Wildman–Crippen LogP) is 1.38. The van der Waals surface area contributed by atoms with E-state index in [2.05, 4.69) is 20.0 Å². The molecule has 4 heterocycles. The summed E-state index contributed by atoms with van der Waals surface area (Å²) in [6.07, 6.45) is 3.04. The highest BCUT2D eigenvalue weighted by molar-refractivity contribution is 5.83. The van der Waals surface area contributed by atoms with E-state index in [1.807, 2.05) is 24.3 Å². The van der Waals surface area contributed by atoms with Gasteiger partial charge in [-0.05, 0) is 45.4 Å². The van der Waals surface area contributed by atoms with Crippen LogP contribution in [0, 0.1) is 0 Å². The first-order valence-electron chi connectivity index (χ1n) is 10.8. The van der Waals surface area contributed by atoms with E-state index >= 15 is 0 Å². The van der Waals surface area contributed by atoms with Gasteiger partial charge in [0, 0.05) is 19.6 Å². The maximum absolute atomic E-state index is 13.6. The second-order valence-electron chi connectivity index (χ2n) is 8.84. The van der Waals surface area contributed by atoms with Crippen molar-refractivity contribution >= 4 is 16.6 Å². The van der Waals surface area contributed by atoms with Crippen LogP contribution in [-0.4, -0.2) is 64.9 Å². The van der Waals surface area contributed by atoms with Crippen molar-refractivity contribution in [3.8, 4) is 11.5 Å². The second-order valence-corrected chi connectivity index (χ2v) is 8.84. The average molecular weight is 438 g/mol. The van der Waals surface area contributed by atoms with Gasteiger partial charge in [-0.15, -0.1) is 0 Å². The van der Waals surface area contributed by atoms with Gasteiger partial charge >= 0.3 is 0 Å². The van der Waals surface area contributed by atoms with E-state index in [1.54, 1.807) is 29.1 Å². The number of fused-ring (bicyclic) bond motifs is 3. The molecule has 0 radical (unpaired) electrons. The number of hydrogen-bond acceptors (Lipinski definition) is 8. The van der Waals surface area contributed by atoms with Gasteiger partial charge in [-0.1, -0.05) is 17.3 Å². The van der Waals surface area contributed by atoms with E-state index in [9.17, 15) is 15.0 Å². The van der Waals surface area contributed by atoms with Crippen LogP contribution < -0.4 is 5.56 Å². The molecule has 1 fully saturated rings. The van der Waals surface area contributed by atoms with Crippen molar-refractivity contribution in [1.82, 2.24) is 29.0 Å². The number of aliphatic hydroxyl groups excluding tert-OH is 1. The van der Waals surface area contributed by atoms with Gasteiger partial charge in [-0.25, -0.2) is 4.98 Å². The number of aliphatic hydroxyl groups is 2. The first-order valence-corrected chi connectivity index (χ1v) is 10.8. The molecular weight excluding hydrogens is 412 g/mol. The molecule has 0 aliphatic carbocycles. The monoisotopic (exact) mass is 438 g/mol. The van der Waals surface area contributed by atoms with Gasteiger partial charge in [0.15, 0.2) is 0 Å². The third kappa shape index (κ3) is 3.60. The third-order valence-electron chi connectivity index (χ3n) is 5.93. The molecule has 1 aliphatic heterocycles. The molecule has 0 bridgehead atoms. The Morgan fingerprint density at radius 1 is 1.22 bits per heavy atom. The summed E-state index contributed by atoms with van der Waals surface area (Å²) < 4.78 is 8.68. The van der Waals surface area contributed by atoms with Gasteiger partial charge in [0.1, 0.15) is 23.1 Å². The van der Waals surface area contributed by atoms with Crippen LogP contribution in [0.1, 0.15) is 32.6 Å². The Morgan fingerprint density at radius 2 is 2.00 bits per heavy atom. The molecule has 1 aliphatic rings. The number of aromatic nitrogens is 5. The maximum Gasteiger partial charge on any atom is 0.277 e. The van der Waals surface area contributed by atoms with Crippen molar-refractivity contribution in [3.63, 3.8) is 0 Å². The van der Waals surface area contributed by atoms with E-state index in [0.717, 1.165) is 30.4 Å². The Hall–Kier alpha value is -3.08. The summed E-state index contributed by atoms with van der Waals surface area (Å²) >= 11 is 0. The zero-order chi connectivity index (χ0) is 22.5. The van der Waals surface area contributed by atoms with Crippen LogP contribution in [0.4, 0.5) is 0 Å². The van der Waals surface area contributed by atoms with E-state index < -0.39 is 5.60 Å². The van der Waals surface area contributed by atoms with Crippen LogP contribution in [0.3, 0.4) is 0 Å². The molecule has 10 heteroatoms. The molecule has 4 aromatic rings. The molecule has 1 unspecified atom stereocenters. The second kappa shape index (κ2) is 7.80. The Kier molecular flexibility index (Phi) is 5.07. The number of benzene rings is 1. The molecule has 10 nitrogen and oxygen atoms in total. The van der Waals surface area contributed by atoms with Gasteiger partial charge in [-0.2, -0.15) is 4.98 Å². The standard InChI is InChI=1S/C22H26N6O4/c1-22(2,31)21-24-19(25-32-21)17-18-20(30)27(11-10-26-9-5-6-14(29)12-26)15-7-3-4-8-16(15)28(18)13-23-17/h3-4,7-8,13-14,29,31H,5-6,9-12H2,1-2H3. The lowest BCUT2D eigenvalue weighted by atomic mass is 10.1. The molecule has 32 heavy (non-hydrogen) atoms. The molecule has 2 N–H and O–H groups in total. The van der Waals surface area contributed by atoms with Crippen molar-refractivity contribution in [2.45, 2.75) is 44.9 Å². The van der Waals surface area contributed by atoms with E-state index in [1.165, 1.54) is 0 Å². The lowest BCUT2D eigenvalue weighted by Crippen LogP contribution is -2.40. The quantitative estimate of drug-likeness (QED) is 0.479. The van der Waals surface area contributed by atoms with Crippen LogP contribution in [0.5, 0.6) is 0 Å². The molecule has 168 valence electrons. The van der Waals surface area contributed by atoms with Crippen LogP contribution in [-0.2, 0) is 12.1 Å². The molecule has 0 spiro atoms. The minimum atomic E-state index is -1.30. The molecule has 1 saturated heterocycles. The predicted molar refractivity (Wildman–Crippen MR) is 117 cm³/mol. The molecule has 3 aromatic heterocycles. The van der Waals surface area contributed by atoms with Gasteiger partial charge < -0.3 is 19.3 Å². The van der Waals surface area contributed by atoms with Crippen molar-refractivity contribution in [2.75, 3.05) is 19.6 Å². The van der Waals surface area contributed by atoms with Gasteiger partial charge in [0.2, 0.25) is 5.82 Å². The average Bonchev–Trinajstić information content (AvgIpc) is 3.41. The van der Waals surface area contributed by atoms with E-state index in [0.29, 0.717) is 30.8 Å². The number of para-hydroxylation sites is 2. The Balaban J connectivity index is 1.62. The SMILES string of the molecule is CC(C)(O)c1nc(-c2ncn3c2c(=O)n(CCN2CCCC(O)C2)c2ccccc23)no1. The normalized spacial score (nSPS) is 18.1. The first-order chi connectivity index (χ1) is 15.3. The molecule has 1 atom stereocenters. The maximum atomic E-state index is 13.6. The smallest absolute Gasteiger partial charge is 0.277 e. The summed E-state index contributed by atoms with van der Waals surface area (Å²) in [5, 5.41) is 24.1. The number of imidazole rings is 1. The summed E-state index contributed by atoms with van der Waals surface area (Å²) in [7, 11) is 0. The van der Waals surface area contributed by atoms with Crippen molar-refractivity contribution in [2.24, 2.45) is 0 Å². The summed E-state index contributed by atoms with van der Waals surface area (Å²) in [6.45, 7) is 5.77. The van der Waals surface area contributed by atoms with Crippen molar-refractivity contribution in [1.29, 1.82) is 0 Å². The summed E-state index contributed by atoms with van der Waals surface area (Å²) in [5.41, 5.74) is 0.797. The lowest BCUT2D eigenvalue weighted by molar-refractivity contribution is 0.0420. The van der Waals surface area contributed by atoms with Crippen molar-refractivity contribution < 1.29 is 14.7 Å². The van der Waals surface area contributed by atoms with E-state index in [-0.39, 0.29) is 23.4 Å². The summed E-state index contributed by atoms with van der Waals surface area (Å²) in [6, 6.07) is 7.67. The van der Waals surface area contributed by atoms with Crippen LogP contribution >= 0.6 is 0 Å². The highest BCUT2D eigenvalue weighted by atomic mass is 16.5. The number of nitrogens with zero attached hydrogens (tertiary/aromatic N) is 6. The minimum Gasteiger partial charge on any atom is -0.392 e. The Labute approximate surface area is 183 Å². The van der Waals surface area contributed by atoms with Crippen molar-refractivity contribution in [3.05, 3.63) is 46.8 Å². The molecule has 5 rings (SSSR count). The number of β-amino-alcohol motifs (C(OH)–C–C–N with tert-alkyl or cyclic N) is 1. The zero-order valence-corrected chi connectivity index (χ0v) is 18.1. The number of hydrogen-bond donors (Lipinski definition) is 2. The van der Waals surface area contributed by atoms with Gasteiger partial charge in [0.25, 0.3) is 11.4 Å². The number of piperidine rings is 1. The fraction of sp³-hybridized carbons (Fsp3) is 0.455. The fourth-order valence-corrected chi connectivity index (χ4v) is 4.30. The number of likely N-dealkylation sites (tertiary alicyclic amines) is 1. The zero-order valence-electron chi connectivity index (χ0n) is 18.1. The minimum absolute atomic E-state index is 0.0541. The Bertz CT molecular complexity index is 1330. The topological polar surface area (TPSA) is 122 Å². The lowest BCUT2D eigenvalue weighted by Gasteiger charge is -2.30. The highest BCUT2D eigenvalue weighted by Crippen LogP contribution is 2.25. The third-order valence-corrected chi connectivity index (χ3v) is 5.93. The van der Waals surface area contributed by atoms with Crippen LogP contribution in [0.15, 0.2) is 39.9 Å². The van der Waals surface area contributed by atoms with Crippen LogP contribution in [0.25, 0.3) is 28.1 Å². The molecule has 0 amide bonds. The largest absolute Gasteiger partial charge is 0.392 e. The molecule has 0 saturated carbocycles. The highest BCUT2D eigenvalue weighted by Gasteiger charge is 2.27. The van der Waals surface area contributed by atoms with E-state index in [4.69, 9.17) is 4.52 Å². The number of rotatable bonds is 5. The Morgan fingerprint density at radius 3 is 2.72 bits per heavy atom. The molecular formula is C22H26N6O4. The summed E-state index contributed by atoms with van der Waals surface area (Å²) in [4.78, 5) is 24.5. The van der Waals surface area contributed by atoms with Crippen LogP contribution in [0.2, 0.25) is 0 Å². The first kappa shape index (κ1) is 20.8.